The van der Waals surface area contributed by atoms with Gasteiger partial charge < -0.3 is 4.74 Å². The highest BCUT2D eigenvalue weighted by molar-refractivity contribution is 9.10. The molecule has 1 atom stereocenters. The molecule has 0 radical (unpaired) electrons. The van der Waals surface area contributed by atoms with E-state index in [9.17, 15) is 4.39 Å². The molecule has 0 amide bonds. The number of nitrogens with two attached hydrogens (primary N) is 1. The van der Waals surface area contributed by atoms with Crippen LogP contribution in [-0.4, -0.2) is 12.6 Å². The van der Waals surface area contributed by atoms with Crippen LogP contribution in [0.4, 0.5) is 4.39 Å². The standard InChI is InChI=1S/C15H16BrFN2O/c16-14-9-11(6-7-15(14)17)8-12(19-18)10-20-13-4-2-1-3-5-13/h1-7,9,12,19H,8,10,18H2. The van der Waals surface area contributed by atoms with E-state index in [2.05, 4.69) is 21.4 Å². The molecule has 0 saturated carbocycles. The Hall–Kier alpha value is -1.43. The van der Waals surface area contributed by atoms with E-state index in [1.54, 1.807) is 12.1 Å². The highest BCUT2D eigenvalue weighted by atomic mass is 79.9. The van der Waals surface area contributed by atoms with Crippen LogP contribution in [0.25, 0.3) is 0 Å². The zero-order chi connectivity index (χ0) is 14.4. The summed E-state index contributed by atoms with van der Waals surface area (Å²) in [6.45, 7) is 0.440. The fraction of sp³-hybridized carbons (Fsp3) is 0.200. The molecule has 5 heteroatoms. The van der Waals surface area contributed by atoms with E-state index in [0.717, 1.165) is 11.3 Å². The van der Waals surface area contributed by atoms with E-state index in [1.807, 2.05) is 30.3 Å². The minimum atomic E-state index is -0.272. The second-order valence-electron chi connectivity index (χ2n) is 4.44. The molecule has 0 fully saturated rings. The van der Waals surface area contributed by atoms with Gasteiger partial charge in [-0.05, 0) is 52.2 Å². The third kappa shape index (κ3) is 4.30. The molecule has 0 aromatic heterocycles. The SMILES string of the molecule is NNC(COc1ccccc1)Cc1ccc(F)c(Br)c1. The number of para-hydroxylation sites is 1. The summed E-state index contributed by atoms with van der Waals surface area (Å²) in [5, 5.41) is 0. The minimum absolute atomic E-state index is 0.0485. The lowest BCUT2D eigenvalue weighted by Crippen LogP contribution is -2.41. The molecule has 0 heterocycles. The molecule has 106 valence electrons. The van der Waals surface area contributed by atoms with Gasteiger partial charge in [0.1, 0.15) is 18.2 Å². The zero-order valence-electron chi connectivity index (χ0n) is 10.9. The van der Waals surface area contributed by atoms with Crippen LogP contribution in [-0.2, 0) is 6.42 Å². The number of hydrogen-bond donors (Lipinski definition) is 2. The second-order valence-corrected chi connectivity index (χ2v) is 5.29. The zero-order valence-corrected chi connectivity index (χ0v) is 12.4. The average molecular weight is 339 g/mol. The van der Waals surface area contributed by atoms with Gasteiger partial charge in [-0.1, -0.05) is 24.3 Å². The Balaban J connectivity index is 1.93. The maximum atomic E-state index is 13.2. The Morgan fingerprint density at radius 2 is 1.95 bits per heavy atom. The Kier molecular flexibility index (Phi) is 5.52. The summed E-state index contributed by atoms with van der Waals surface area (Å²) in [6.07, 6.45) is 0.655. The van der Waals surface area contributed by atoms with Gasteiger partial charge in [-0.2, -0.15) is 0 Å². The summed E-state index contributed by atoms with van der Waals surface area (Å²) < 4.78 is 19.3. The van der Waals surface area contributed by atoms with Crippen LogP contribution in [0.1, 0.15) is 5.56 Å². The van der Waals surface area contributed by atoms with E-state index in [1.165, 1.54) is 6.07 Å². The minimum Gasteiger partial charge on any atom is -0.492 e. The first-order chi connectivity index (χ1) is 9.69. The Morgan fingerprint density at radius 3 is 2.60 bits per heavy atom. The summed E-state index contributed by atoms with van der Waals surface area (Å²) >= 11 is 3.18. The maximum absolute atomic E-state index is 13.2. The molecule has 3 nitrogen and oxygen atoms in total. The number of ether oxygens (including phenoxy) is 1. The van der Waals surface area contributed by atoms with Gasteiger partial charge in [-0.15, -0.1) is 0 Å². The van der Waals surface area contributed by atoms with Crippen LogP contribution in [0.15, 0.2) is 53.0 Å². The lowest BCUT2D eigenvalue weighted by Gasteiger charge is -2.17. The molecule has 0 aliphatic rings. The highest BCUT2D eigenvalue weighted by Gasteiger charge is 2.10. The Morgan fingerprint density at radius 1 is 1.20 bits per heavy atom. The predicted octanol–water partition coefficient (Wildman–Crippen LogP) is 3.04. The number of halogens is 2. The average Bonchev–Trinajstić information content (AvgIpc) is 2.48. The summed E-state index contributed by atoms with van der Waals surface area (Å²) in [4.78, 5) is 0. The van der Waals surface area contributed by atoms with Crippen LogP contribution in [0.3, 0.4) is 0 Å². The largest absolute Gasteiger partial charge is 0.492 e. The van der Waals surface area contributed by atoms with Gasteiger partial charge in [0, 0.05) is 0 Å². The number of benzene rings is 2. The summed E-state index contributed by atoms with van der Waals surface area (Å²) in [5.41, 5.74) is 3.70. The molecular formula is C15H16BrFN2O. The van der Waals surface area contributed by atoms with Crippen molar-refractivity contribution in [3.05, 3.63) is 64.4 Å². The number of rotatable bonds is 6. The van der Waals surface area contributed by atoms with Gasteiger partial charge in [-0.25, -0.2) is 4.39 Å². The molecule has 2 aromatic carbocycles. The highest BCUT2D eigenvalue weighted by Crippen LogP contribution is 2.18. The predicted molar refractivity (Wildman–Crippen MR) is 80.9 cm³/mol. The van der Waals surface area contributed by atoms with Crippen LogP contribution in [0, 0.1) is 5.82 Å². The van der Waals surface area contributed by atoms with E-state index >= 15 is 0 Å². The molecule has 3 N–H and O–H groups in total. The third-order valence-electron chi connectivity index (χ3n) is 2.90. The maximum Gasteiger partial charge on any atom is 0.137 e. The van der Waals surface area contributed by atoms with Crippen molar-refractivity contribution in [1.82, 2.24) is 5.43 Å². The number of hydrogen-bond acceptors (Lipinski definition) is 3. The molecule has 0 spiro atoms. The molecule has 0 aliphatic carbocycles. The van der Waals surface area contributed by atoms with E-state index in [-0.39, 0.29) is 11.9 Å². The first kappa shape index (κ1) is 15.0. The Bertz CT molecular complexity index is 551. The molecular weight excluding hydrogens is 323 g/mol. The van der Waals surface area contributed by atoms with Crippen molar-refractivity contribution >= 4 is 15.9 Å². The monoisotopic (exact) mass is 338 g/mol. The van der Waals surface area contributed by atoms with E-state index in [0.29, 0.717) is 17.5 Å². The topological polar surface area (TPSA) is 47.3 Å². The van der Waals surface area contributed by atoms with Gasteiger partial charge >= 0.3 is 0 Å². The van der Waals surface area contributed by atoms with Crippen LogP contribution >= 0.6 is 15.9 Å². The van der Waals surface area contributed by atoms with Crippen molar-refractivity contribution in [2.24, 2.45) is 5.84 Å². The van der Waals surface area contributed by atoms with Crippen molar-refractivity contribution in [2.45, 2.75) is 12.5 Å². The van der Waals surface area contributed by atoms with Crippen molar-refractivity contribution in [2.75, 3.05) is 6.61 Å². The van der Waals surface area contributed by atoms with Gasteiger partial charge in [-0.3, -0.25) is 11.3 Å². The summed E-state index contributed by atoms with van der Waals surface area (Å²) in [7, 11) is 0. The lowest BCUT2D eigenvalue weighted by atomic mass is 10.1. The third-order valence-corrected chi connectivity index (χ3v) is 3.50. The molecule has 0 bridgehead atoms. The summed E-state index contributed by atoms with van der Waals surface area (Å²) in [5.74, 6) is 6.06. The van der Waals surface area contributed by atoms with Crippen LogP contribution in [0.5, 0.6) is 5.75 Å². The molecule has 2 aromatic rings. The van der Waals surface area contributed by atoms with Crippen molar-refractivity contribution < 1.29 is 9.13 Å². The van der Waals surface area contributed by atoms with Crippen LogP contribution < -0.4 is 16.0 Å². The molecule has 1 unspecified atom stereocenters. The van der Waals surface area contributed by atoms with Gasteiger partial charge in [0.25, 0.3) is 0 Å². The second kappa shape index (κ2) is 7.38. The molecule has 0 aliphatic heterocycles. The number of hydrazine groups is 1. The molecule has 2 rings (SSSR count). The summed E-state index contributed by atoms with van der Waals surface area (Å²) in [6, 6.07) is 14.4. The fourth-order valence-electron chi connectivity index (χ4n) is 1.83. The molecule has 20 heavy (non-hydrogen) atoms. The van der Waals surface area contributed by atoms with E-state index in [4.69, 9.17) is 10.6 Å². The first-order valence-electron chi connectivity index (χ1n) is 6.27. The van der Waals surface area contributed by atoms with Crippen molar-refractivity contribution in [3.8, 4) is 5.75 Å². The van der Waals surface area contributed by atoms with Crippen molar-refractivity contribution in [1.29, 1.82) is 0 Å². The van der Waals surface area contributed by atoms with Crippen LogP contribution in [0.2, 0.25) is 0 Å². The number of nitrogens with one attached hydrogen (secondary N) is 1. The first-order valence-corrected chi connectivity index (χ1v) is 7.06. The fourth-order valence-corrected chi connectivity index (χ4v) is 2.26. The smallest absolute Gasteiger partial charge is 0.137 e. The van der Waals surface area contributed by atoms with E-state index < -0.39 is 0 Å². The normalized spacial score (nSPS) is 12.2. The quantitative estimate of drug-likeness (QED) is 0.628. The van der Waals surface area contributed by atoms with Crippen molar-refractivity contribution in [3.63, 3.8) is 0 Å². The van der Waals surface area contributed by atoms with Gasteiger partial charge in [0.05, 0.1) is 10.5 Å². The van der Waals surface area contributed by atoms with Gasteiger partial charge in [0.2, 0.25) is 0 Å². The Labute approximate surface area is 126 Å². The molecule has 0 saturated heterocycles. The van der Waals surface area contributed by atoms with Gasteiger partial charge in [0.15, 0.2) is 0 Å². The lowest BCUT2D eigenvalue weighted by molar-refractivity contribution is 0.264.